The summed E-state index contributed by atoms with van der Waals surface area (Å²) in [6.45, 7) is 0.667. The van der Waals surface area contributed by atoms with E-state index in [1.165, 1.54) is 6.08 Å². The number of nitrogens with zero attached hydrogens (tertiary/aromatic N) is 3. The van der Waals surface area contributed by atoms with Gasteiger partial charge in [-0.1, -0.05) is 36.4 Å². The van der Waals surface area contributed by atoms with Crippen LogP contribution in [-0.4, -0.2) is 20.7 Å². The minimum absolute atomic E-state index is 0.213. The molecule has 0 radical (unpaired) electrons. The summed E-state index contributed by atoms with van der Waals surface area (Å²) in [7, 11) is 0. The first-order valence-corrected chi connectivity index (χ1v) is 7.26. The van der Waals surface area contributed by atoms with E-state index in [1.54, 1.807) is 29.3 Å². The number of carbonyl (C=O) groups excluding carboxylic acids is 1. The molecule has 0 aliphatic carbocycles. The van der Waals surface area contributed by atoms with Gasteiger partial charge in [0.15, 0.2) is 0 Å². The molecular formula is C18H16N4O. The summed E-state index contributed by atoms with van der Waals surface area (Å²) in [6.07, 6.45) is 8.25. The SMILES string of the molecule is O=C(/C=C\c1ccccn1)Nc1cnn(Cc2ccccc2)c1. The molecule has 0 aliphatic heterocycles. The summed E-state index contributed by atoms with van der Waals surface area (Å²) in [6, 6.07) is 15.6. The smallest absolute Gasteiger partial charge is 0.248 e. The van der Waals surface area contributed by atoms with Gasteiger partial charge in [-0.3, -0.25) is 14.5 Å². The lowest BCUT2D eigenvalue weighted by Gasteiger charge is -2.01. The van der Waals surface area contributed by atoms with Crippen molar-refractivity contribution in [2.45, 2.75) is 6.54 Å². The molecule has 1 amide bonds. The first kappa shape index (κ1) is 14.7. The summed E-state index contributed by atoms with van der Waals surface area (Å²) in [5, 5.41) is 7.03. The predicted molar refractivity (Wildman–Crippen MR) is 89.7 cm³/mol. The van der Waals surface area contributed by atoms with Crippen LogP contribution < -0.4 is 5.32 Å². The van der Waals surface area contributed by atoms with Crippen molar-refractivity contribution in [3.05, 3.63) is 84.5 Å². The largest absolute Gasteiger partial charge is 0.320 e. The Balaban J connectivity index is 1.58. The first-order valence-electron chi connectivity index (χ1n) is 7.26. The number of hydrogen-bond acceptors (Lipinski definition) is 3. The van der Waals surface area contributed by atoms with E-state index in [4.69, 9.17) is 0 Å². The van der Waals surface area contributed by atoms with Gasteiger partial charge in [-0.25, -0.2) is 0 Å². The molecule has 1 aromatic carbocycles. The molecular weight excluding hydrogens is 288 g/mol. The standard InChI is InChI=1S/C18H16N4O/c23-18(10-9-16-8-4-5-11-19-16)21-17-12-20-22(14-17)13-15-6-2-1-3-7-15/h1-12,14H,13H2,(H,21,23)/b10-9-. The lowest BCUT2D eigenvalue weighted by Crippen LogP contribution is -2.07. The van der Waals surface area contributed by atoms with Gasteiger partial charge in [0.1, 0.15) is 0 Å². The van der Waals surface area contributed by atoms with E-state index in [0.717, 1.165) is 11.3 Å². The number of pyridine rings is 1. The predicted octanol–water partition coefficient (Wildman–Crippen LogP) is 2.98. The van der Waals surface area contributed by atoms with Crippen LogP contribution in [0.15, 0.2) is 73.2 Å². The van der Waals surface area contributed by atoms with Crippen LogP contribution in [0.4, 0.5) is 5.69 Å². The highest BCUT2D eigenvalue weighted by atomic mass is 16.1. The summed E-state index contributed by atoms with van der Waals surface area (Å²) in [4.78, 5) is 16.0. The fraction of sp³-hybridized carbons (Fsp3) is 0.0556. The van der Waals surface area contributed by atoms with Crippen molar-refractivity contribution in [1.29, 1.82) is 0 Å². The Labute approximate surface area is 134 Å². The molecule has 2 heterocycles. The molecule has 2 aromatic heterocycles. The van der Waals surface area contributed by atoms with Crippen LogP contribution in [0.2, 0.25) is 0 Å². The molecule has 0 fully saturated rings. The fourth-order valence-corrected chi connectivity index (χ4v) is 2.10. The lowest BCUT2D eigenvalue weighted by molar-refractivity contribution is -0.111. The first-order chi connectivity index (χ1) is 11.3. The molecule has 0 spiro atoms. The number of nitrogens with one attached hydrogen (secondary N) is 1. The molecule has 114 valence electrons. The Kier molecular flexibility index (Phi) is 4.59. The van der Waals surface area contributed by atoms with Crippen molar-refractivity contribution < 1.29 is 4.79 Å². The summed E-state index contributed by atoms with van der Waals surface area (Å²) in [5.41, 5.74) is 2.56. The van der Waals surface area contributed by atoms with Crippen LogP contribution in [0.1, 0.15) is 11.3 Å². The zero-order chi connectivity index (χ0) is 15.9. The van der Waals surface area contributed by atoms with Gasteiger partial charge in [-0.05, 0) is 23.8 Å². The molecule has 5 heteroatoms. The van der Waals surface area contributed by atoms with Gasteiger partial charge < -0.3 is 5.32 Å². The average Bonchev–Trinajstić information content (AvgIpc) is 3.02. The second-order valence-corrected chi connectivity index (χ2v) is 4.99. The maximum absolute atomic E-state index is 11.9. The zero-order valence-electron chi connectivity index (χ0n) is 12.5. The van der Waals surface area contributed by atoms with Crippen LogP contribution in [-0.2, 0) is 11.3 Å². The number of anilines is 1. The van der Waals surface area contributed by atoms with Crippen molar-refractivity contribution >= 4 is 17.7 Å². The summed E-state index contributed by atoms with van der Waals surface area (Å²) < 4.78 is 1.79. The van der Waals surface area contributed by atoms with Gasteiger partial charge in [-0.15, -0.1) is 0 Å². The fourth-order valence-electron chi connectivity index (χ4n) is 2.10. The van der Waals surface area contributed by atoms with E-state index in [9.17, 15) is 4.79 Å². The highest BCUT2D eigenvalue weighted by molar-refractivity contribution is 6.01. The van der Waals surface area contributed by atoms with E-state index in [-0.39, 0.29) is 5.91 Å². The van der Waals surface area contributed by atoms with E-state index in [1.807, 2.05) is 48.5 Å². The number of rotatable bonds is 5. The van der Waals surface area contributed by atoms with E-state index in [0.29, 0.717) is 12.2 Å². The van der Waals surface area contributed by atoms with Crippen molar-refractivity contribution in [3.63, 3.8) is 0 Å². The van der Waals surface area contributed by atoms with Crippen LogP contribution >= 0.6 is 0 Å². The summed E-state index contributed by atoms with van der Waals surface area (Å²) >= 11 is 0. The minimum Gasteiger partial charge on any atom is -0.320 e. The molecule has 23 heavy (non-hydrogen) atoms. The van der Waals surface area contributed by atoms with Crippen LogP contribution in [0.25, 0.3) is 6.08 Å². The summed E-state index contributed by atoms with van der Waals surface area (Å²) in [5.74, 6) is -0.213. The number of benzene rings is 1. The highest BCUT2D eigenvalue weighted by Gasteiger charge is 2.02. The topological polar surface area (TPSA) is 59.8 Å². The van der Waals surface area contributed by atoms with E-state index < -0.39 is 0 Å². The maximum Gasteiger partial charge on any atom is 0.248 e. The Morgan fingerprint density at radius 2 is 1.96 bits per heavy atom. The molecule has 3 rings (SSSR count). The van der Waals surface area contributed by atoms with Crippen molar-refractivity contribution in [2.24, 2.45) is 0 Å². The Morgan fingerprint density at radius 3 is 2.74 bits per heavy atom. The molecule has 0 aliphatic rings. The van der Waals surface area contributed by atoms with Gasteiger partial charge in [0.25, 0.3) is 0 Å². The molecule has 0 saturated heterocycles. The monoisotopic (exact) mass is 304 g/mol. The number of carbonyl (C=O) groups is 1. The molecule has 1 N–H and O–H groups in total. The lowest BCUT2D eigenvalue weighted by atomic mass is 10.2. The van der Waals surface area contributed by atoms with Crippen molar-refractivity contribution in [2.75, 3.05) is 5.32 Å². The Hall–Kier alpha value is -3.21. The minimum atomic E-state index is -0.213. The Bertz CT molecular complexity index is 794. The highest BCUT2D eigenvalue weighted by Crippen LogP contribution is 2.08. The number of aromatic nitrogens is 3. The molecule has 0 unspecified atom stereocenters. The van der Waals surface area contributed by atoms with Crippen LogP contribution in [0, 0.1) is 0 Å². The third-order valence-corrected chi connectivity index (χ3v) is 3.18. The van der Waals surface area contributed by atoms with Crippen LogP contribution in [0.5, 0.6) is 0 Å². The van der Waals surface area contributed by atoms with Gasteiger partial charge in [0, 0.05) is 18.5 Å². The second-order valence-electron chi connectivity index (χ2n) is 4.99. The third kappa shape index (κ3) is 4.38. The van der Waals surface area contributed by atoms with E-state index >= 15 is 0 Å². The Morgan fingerprint density at radius 1 is 1.13 bits per heavy atom. The number of amides is 1. The molecule has 0 saturated carbocycles. The van der Waals surface area contributed by atoms with Gasteiger partial charge in [0.2, 0.25) is 5.91 Å². The van der Waals surface area contributed by atoms with Crippen molar-refractivity contribution in [3.8, 4) is 0 Å². The normalized spacial score (nSPS) is 10.8. The molecule has 5 nitrogen and oxygen atoms in total. The zero-order valence-corrected chi connectivity index (χ0v) is 12.5. The second kappa shape index (κ2) is 7.17. The maximum atomic E-state index is 11.9. The van der Waals surface area contributed by atoms with Gasteiger partial charge >= 0.3 is 0 Å². The van der Waals surface area contributed by atoms with Gasteiger partial charge in [0.05, 0.1) is 24.1 Å². The average molecular weight is 304 g/mol. The molecule has 0 atom stereocenters. The molecule has 3 aromatic rings. The van der Waals surface area contributed by atoms with Gasteiger partial charge in [-0.2, -0.15) is 5.10 Å². The quantitative estimate of drug-likeness (QED) is 0.737. The van der Waals surface area contributed by atoms with Crippen LogP contribution in [0.3, 0.4) is 0 Å². The van der Waals surface area contributed by atoms with Crippen molar-refractivity contribution in [1.82, 2.24) is 14.8 Å². The molecule has 0 bridgehead atoms. The number of hydrogen-bond donors (Lipinski definition) is 1. The van der Waals surface area contributed by atoms with E-state index in [2.05, 4.69) is 15.4 Å². The third-order valence-electron chi connectivity index (χ3n) is 3.18.